The lowest BCUT2D eigenvalue weighted by atomic mass is 10.00. The van der Waals surface area contributed by atoms with Crippen molar-refractivity contribution in [2.75, 3.05) is 25.5 Å². The van der Waals surface area contributed by atoms with E-state index in [1.165, 1.54) is 18.3 Å². The molecule has 1 fully saturated rings. The van der Waals surface area contributed by atoms with Crippen molar-refractivity contribution in [1.82, 2.24) is 10.3 Å². The Kier molecular flexibility index (Phi) is 4.69. The largest absolute Gasteiger partial charge is 0.384 e. The number of anilines is 1. The van der Waals surface area contributed by atoms with Gasteiger partial charge >= 0.3 is 0 Å². The normalized spacial score (nSPS) is 17.2. The number of primary sulfonamides is 1. The zero-order chi connectivity index (χ0) is 20.8. The van der Waals surface area contributed by atoms with Gasteiger partial charge in [0.1, 0.15) is 10.7 Å². The highest BCUT2D eigenvalue weighted by molar-refractivity contribution is 7.94. The Morgan fingerprint density at radius 3 is 2.34 bits per heavy atom. The Balaban J connectivity index is 2.07. The minimum Gasteiger partial charge on any atom is -0.384 e. The van der Waals surface area contributed by atoms with Crippen LogP contribution in [0.2, 0.25) is 0 Å². The number of pyridine rings is 1. The number of hydrogen-bond donors (Lipinski definition) is 3. The molecular formula is C16H17N7O4S2. The van der Waals surface area contributed by atoms with Crippen LogP contribution in [0.1, 0.15) is 5.56 Å². The fourth-order valence-electron chi connectivity index (χ4n) is 3.12. The molecule has 0 unspecified atom stereocenters. The van der Waals surface area contributed by atoms with Crippen molar-refractivity contribution in [3.63, 3.8) is 0 Å². The summed E-state index contributed by atoms with van der Waals surface area (Å²) in [7, 11) is -8.43. The first kappa shape index (κ1) is 19.6. The summed E-state index contributed by atoms with van der Waals surface area (Å²) in [5, 5.41) is 15.3. The van der Waals surface area contributed by atoms with E-state index in [1.54, 1.807) is 12.1 Å². The number of aromatic nitrogens is 1. The van der Waals surface area contributed by atoms with E-state index in [9.17, 15) is 16.8 Å². The van der Waals surface area contributed by atoms with Crippen molar-refractivity contribution in [2.24, 2.45) is 20.4 Å². The van der Waals surface area contributed by atoms with Crippen molar-refractivity contribution < 1.29 is 16.8 Å². The van der Waals surface area contributed by atoms with E-state index in [1.807, 2.05) is 0 Å². The number of benzene rings is 1. The van der Waals surface area contributed by atoms with E-state index in [0.717, 1.165) is 0 Å². The minimum absolute atomic E-state index is 0.00232. The van der Waals surface area contributed by atoms with Gasteiger partial charge in [0.2, 0.25) is 10.0 Å². The SMILES string of the molecule is Nc1ccc(-c2ccc(S(=O)(=O)C3CNC3)c(S(N)(=O)=O)c2C2=NCN=N2)cn1. The third-order valence-electron chi connectivity index (χ3n) is 4.67. The lowest BCUT2D eigenvalue weighted by Gasteiger charge is -2.28. The molecule has 3 heterocycles. The molecule has 1 aromatic heterocycles. The summed E-state index contributed by atoms with van der Waals surface area (Å²) in [5.74, 6) is 0.265. The van der Waals surface area contributed by atoms with Gasteiger partial charge in [0.05, 0.1) is 15.7 Å². The molecule has 2 aliphatic heterocycles. The number of nitrogens with zero attached hydrogens (tertiary/aromatic N) is 4. The summed E-state index contributed by atoms with van der Waals surface area (Å²) in [6.07, 6.45) is 1.44. The summed E-state index contributed by atoms with van der Waals surface area (Å²) in [5.41, 5.74) is 6.46. The zero-order valence-electron chi connectivity index (χ0n) is 15.0. The highest BCUT2D eigenvalue weighted by atomic mass is 32.2. The van der Waals surface area contributed by atoms with Crippen LogP contribution >= 0.6 is 0 Å². The van der Waals surface area contributed by atoms with Crippen LogP contribution in [0.5, 0.6) is 0 Å². The first-order chi connectivity index (χ1) is 13.7. The first-order valence-electron chi connectivity index (χ1n) is 8.48. The maximum Gasteiger partial charge on any atom is 0.240 e. The van der Waals surface area contributed by atoms with Gasteiger partial charge in [0, 0.05) is 24.8 Å². The van der Waals surface area contributed by atoms with Crippen molar-refractivity contribution >= 4 is 31.5 Å². The van der Waals surface area contributed by atoms with Crippen molar-refractivity contribution in [3.05, 3.63) is 36.0 Å². The molecule has 1 saturated heterocycles. The number of nitrogens with two attached hydrogens (primary N) is 2. The van der Waals surface area contributed by atoms with Crippen LogP contribution in [-0.2, 0) is 19.9 Å². The highest BCUT2D eigenvalue weighted by Gasteiger charge is 2.38. The quantitative estimate of drug-likeness (QED) is 0.585. The number of nitrogens with one attached hydrogen (secondary N) is 1. The number of sulfone groups is 1. The number of sulfonamides is 1. The second kappa shape index (κ2) is 6.95. The van der Waals surface area contributed by atoms with Crippen molar-refractivity contribution in [3.8, 4) is 11.1 Å². The molecule has 0 spiro atoms. The highest BCUT2D eigenvalue weighted by Crippen LogP contribution is 2.36. The summed E-state index contributed by atoms with van der Waals surface area (Å²) in [6.45, 7) is 0.459. The monoisotopic (exact) mass is 435 g/mol. The van der Waals surface area contributed by atoms with E-state index in [0.29, 0.717) is 11.1 Å². The zero-order valence-corrected chi connectivity index (χ0v) is 16.6. The van der Waals surface area contributed by atoms with Crippen LogP contribution < -0.4 is 16.2 Å². The maximum absolute atomic E-state index is 13.1. The molecule has 1 aromatic carbocycles. The van der Waals surface area contributed by atoms with Gasteiger partial charge in [-0.05, 0) is 23.8 Å². The van der Waals surface area contributed by atoms with Gasteiger partial charge in [-0.15, -0.1) is 5.11 Å². The summed E-state index contributed by atoms with van der Waals surface area (Å²) in [4.78, 5) is 7.19. The van der Waals surface area contributed by atoms with E-state index < -0.39 is 30.0 Å². The van der Waals surface area contributed by atoms with Crippen LogP contribution in [0.15, 0.2) is 55.5 Å². The van der Waals surface area contributed by atoms with E-state index in [2.05, 4.69) is 25.5 Å². The molecule has 0 radical (unpaired) electrons. The van der Waals surface area contributed by atoms with Gasteiger partial charge in [-0.25, -0.2) is 32.0 Å². The minimum atomic E-state index is -4.47. The lowest BCUT2D eigenvalue weighted by molar-refractivity contribution is 0.493. The van der Waals surface area contributed by atoms with Gasteiger partial charge in [0.15, 0.2) is 22.3 Å². The predicted molar refractivity (Wildman–Crippen MR) is 106 cm³/mol. The van der Waals surface area contributed by atoms with E-state index in [4.69, 9.17) is 10.9 Å². The fraction of sp³-hybridized carbons (Fsp3) is 0.250. The number of hydrogen-bond acceptors (Lipinski definition) is 10. The lowest BCUT2D eigenvalue weighted by Crippen LogP contribution is -2.51. The standard InChI is InChI=1S/C16H17N7O4S2/c17-13-4-1-9(5-20-13)11-2-3-12(28(24,25)10-6-19-7-10)15(29(18,26)27)14(11)16-21-8-22-23-16/h1-5,10,19H,6-8H2,(H2,17,20)(H2,18,26,27). The smallest absolute Gasteiger partial charge is 0.240 e. The molecule has 0 atom stereocenters. The molecule has 152 valence electrons. The van der Waals surface area contributed by atoms with Gasteiger partial charge in [-0.3, -0.25) is 0 Å². The molecule has 5 N–H and O–H groups in total. The molecule has 13 heteroatoms. The Morgan fingerprint density at radius 2 is 1.83 bits per heavy atom. The maximum atomic E-state index is 13.1. The third kappa shape index (κ3) is 3.42. The molecule has 4 rings (SSSR count). The molecule has 0 aliphatic carbocycles. The molecule has 2 aromatic rings. The van der Waals surface area contributed by atoms with Crippen molar-refractivity contribution in [1.29, 1.82) is 0 Å². The van der Waals surface area contributed by atoms with Crippen LogP contribution in [0, 0.1) is 0 Å². The van der Waals surface area contributed by atoms with E-state index >= 15 is 0 Å². The molecular weight excluding hydrogens is 418 g/mol. The summed E-state index contributed by atoms with van der Waals surface area (Å²) >= 11 is 0. The van der Waals surface area contributed by atoms with Gasteiger partial charge in [-0.1, -0.05) is 6.07 Å². The first-order valence-corrected chi connectivity index (χ1v) is 11.6. The van der Waals surface area contributed by atoms with Crippen LogP contribution in [0.4, 0.5) is 5.82 Å². The third-order valence-corrected chi connectivity index (χ3v) is 7.95. The second-order valence-corrected chi connectivity index (χ2v) is 10.2. The molecule has 11 nitrogen and oxygen atoms in total. The molecule has 29 heavy (non-hydrogen) atoms. The van der Waals surface area contributed by atoms with Crippen molar-refractivity contribution in [2.45, 2.75) is 15.0 Å². The van der Waals surface area contributed by atoms with Gasteiger partial charge < -0.3 is 11.1 Å². The van der Waals surface area contributed by atoms with Crippen LogP contribution in [0.3, 0.4) is 0 Å². The Labute approximate surface area is 166 Å². The Bertz CT molecular complexity index is 1250. The second-order valence-electron chi connectivity index (χ2n) is 6.52. The molecule has 0 saturated carbocycles. The van der Waals surface area contributed by atoms with Gasteiger partial charge in [0.25, 0.3) is 0 Å². The number of azo groups is 1. The Morgan fingerprint density at radius 1 is 1.07 bits per heavy atom. The number of amidine groups is 1. The van der Waals surface area contributed by atoms with Crippen LogP contribution in [-0.4, -0.2) is 52.7 Å². The fourth-order valence-corrected chi connectivity index (χ4v) is 6.30. The predicted octanol–water partition coefficient (Wildman–Crippen LogP) is -0.106. The number of rotatable bonds is 5. The van der Waals surface area contributed by atoms with Gasteiger partial charge in [-0.2, -0.15) is 5.11 Å². The summed E-state index contributed by atoms with van der Waals surface area (Å²) in [6, 6.07) is 5.91. The molecule has 2 aliphatic rings. The molecule has 0 bridgehead atoms. The average Bonchev–Trinajstić information content (AvgIpc) is 3.13. The average molecular weight is 435 g/mol. The summed E-state index contributed by atoms with van der Waals surface area (Å²) < 4.78 is 51.3. The van der Waals surface area contributed by atoms with Crippen LogP contribution in [0.25, 0.3) is 11.1 Å². The molecule has 0 amide bonds. The number of aliphatic imine (C=N–C) groups is 1. The topological polar surface area (TPSA) is 182 Å². The van der Waals surface area contributed by atoms with E-state index in [-0.39, 0.29) is 41.9 Å². The number of nitrogen functional groups attached to an aromatic ring is 1. The Hall–Kier alpha value is -2.74.